The molecule has 0 aliphatic carbocycles. The van der Waals surface area contributed by atoms with Crippen LogP contribution in [0.1, 0.15) is 38.4 Å². The van der Waals surface area contributed by atoms with Gasteiger partial charge in [0.05, 0.1) is 6.10 Å². The smallest absolute Gasteiger partial charge is 0.372 e. The van der Waals surface area contributed by atoms with Gasteiger partial charge in [-0.2, -0.15) is 13.2 Å². The van der Waals surface area contributed by atoms with Crippen molar-refractivity contribution in [2.45, 2.75) is 45.0 Å². The molecule has 2 nitrogen and oxygen atoms in total. The van der Waals surface area contributed by atoms with Crippen molar-refractivity contribution in [3.8, 4) is 0 Å². The Morgan fingerprint density at radius 3 is 2.48 bits per heavy atom. The molecule has 1 N–H and O–H groups in total. The van der Waals surface area contributed by atoms with E-state index < -0.39 is 12.6 Å². The monoisotopic (exact) mass is 367 g/mol. The van der Waals surface area contributed by atoms with E-state index in [9.17, 15) is 13.2 Å². The first kappa shape index (κ1) is 18.5. The molecule has 120 valence electrons. The predicted octanol–water partition coefficient (Wildman–Crippen LogP) is 4.85. The molecule has 6 heteroatoms. The molecule has 1 atom stereocenters. The van der Waals surface area contributed by atoms with Gasteiger partial charge in [-0.05, 0) is 18.1 Å². The fourth-order valence-electron chi connectivity index (χ4n) is 1.84. The molecule has 0 amide bonds. The lowest BCUT2D eigenvalue weighted by molar-refractivity contribution is -0.138. The minimum atomic E-state index is -4.12. The average molecular weight is 368 g/mol. The van der Waals surface area contributed by atoms with Gasteiger partial charge < -0.3 is 10.1 Å². The van der Waals surface area contributed by atoms with Crippen LogP contribution in [0.25, 0.3) is 0 Å². The third-order valence-electron chi connectivity index (χ3n) is 2.89. The second-order valence-electron chi connectivity index (χ2n) is 5.16. The summed E-state index contributed by atoms with van der Waals surface area (Å²) in [7, 11) is 0. The summed E-state index contributed by atoms with van der Waals surface area (Å²) in [5.41, 5.74) is 0.942. The molecule has 0 aromatic heterocycles. The van der Waals surface area contributed by atoms with E-state index in [1.54, 1.807) is 0 Å². The van der Waals surface area contributed by atoms with Crippen molar-refractivity contribution in [2.75, 3.05) is 13.2 Å². The topological polar surface area (TPSA) is 21.3 Å². The van der Waals surface area contributed by atoms with Gasteiger partial charge in [-0.15, -0.1) is 0 Å². The average Bonchev–Trinajstić information content (AvgIpc) is 2.37. The highest BCUT2D eigenvalue weighted by molar-refractivity contribution is 9.10. The number of ether oxygens (including phenoxy) is 1. The van der Waals surface area contributed by atoms with E-state index in [1.165, 1.54) is 0 Å². The van der Waals surface area contributed by atoms with Gasteiger partial charge in [-0.1, -0.05) is 48.0 Å². The van der Waals surface area contributed by atoms with Gasteiger partial charge in [0.1, 0.15) is 0 Å². The number of alkyl halides is 3. The number of hydrogen-bond acceptors (Lipinski definition) is 2. The summed E-state index contributed by atoms with van der Waals surface area (Å²) in [5, 5.41) is 3.26. The Morgan fingerprint density at radius 1 is 1.24 bits per heavy atom. The Bertz CT molecular complexity index is 424. The molecule has 0 aliphatic heterocycles. The number of rotatable bonds is 8. The van der Waals surface area contributed by atoms with Crippen LogP contribution in [0, 0.1) is 0 Å². The molecule has 21 heavy (non-hydrogen) atoms. The summed E-state index contributed by atoms with van der Waals surface area (Å²) in [6.45, 7) is 4.68. The second kappa shape index (κ2) is 8.76. The quantitative estimate of drug-likeness (QED) is 0.663. The summed E-state index contributed by atoms with van der Waals surface area (Å²) in [5.74, 6) is 0. The van der Waals surface area contributed by atoms with Crippen molar-refractivity contribution in [3.63, 3.8) is 0 Å². The molecule has 1 aromatic carbocycles. The lowest BCUT2D eigenvalue weighted by Gasteiger charge is -2.21. The third-order valence-corrected chi connectivity index (χ3v) is 3.61. The lowest BCUT2D eigenvalue weighted by atomic mass is 10.1. The van der Waals surface area contributed by atoms with E-state index in [2.05, 4.69) is 21.2 Å². The van der Waals surface area contributed by atoms with Crippen molar-refractivity contribution in [3.05, 3.63) is 34.3 Å². The zero-order valence-electron chi connectivity index (χ0n) is 12.2. The van der Waals surface area contributed by atoms with Crippen LogP contribution in [-0.4, -0.2) is 25.4 Å². The van der Waals surface area contributed by atoms with E-state index in [0.717, 1.165) is 10.0 Å². The number of halogens is 4. The summed E-state index contributed by atoms with van der Waals surface area (Å²) >= 11 is 3.46. The van der Waals surface area contributed by atoms with Crippen LogP contribution in [0.3, 0.4) is 0 Å². The van der Waals surface area contributed by atoms with Crippen LogP contribution in [-0.2, 0) is 4.74 Å². The van der Waals surface area contributed by atoms with E-state index in [1.807, 2.05) is 38.1 Å². The van der Waals surface area contributed by atoms with Crippen molar-refractivity contribution in [1.82, 2.24) is 5.32 Å². The predicted molar refractivity (Wildman–Crippen MR) is 81.3 cm³/mol. The van der Waals surface area contributed by atoms with Crippen molar-refractivity contribution >= 4 is 15.9 Å². The maximum absolute atomic E-state index is 12.1. The van der Waals surface area contributed by atoms with Gasteiger partial charge in [0.15, 0.2) is 0 Å². The largest absolute Gasteiger partial charge is 0.389 e. The first-order chi connectivity index (χ1) is 9.79. The Balaban J connectivity index is 2.59. The zero-order chi connectivity index (χ0) is 15.9. The van der Waals surface area contributed by atoms with Crippen LogP contribution < -0.4 is 5.32 Å². The van der Waals surface area contributed by atoms with Gasteiger partial charge in [0, 0.05) is 30.1 Å². The molecule has 0 bridgehead atoms. The van der Waals surface area contributed by atoms with Gasteiger partial charge >= 0.3 is 6.18 Å². The van der Waals surface area contributed by atoms with Crippen molar-refractivity contribution < 1.29 is 17.9 Å². The van der Waals surface area contributed by atoms with Gasteiger partial charge in [0.25, 0.3) is 0 Å². The van der Waals surface area contributed by atoms with E-state index in [4.69, 9.17) is 4.74 Å². The van der Waals surface area contributed by atoms with E-state index >= 15 is 0 Å². The fraction of sp³-hybridized carbons (Fsp3) is 0.600. The summed E-state index contributed by atoms with van der Waals surface area (Å²) in [4.78, 5) is 0. The maximum atomic E-state index is 12.1. The summed E-state index contributed by atoms with van der Waals surface area (Å²) < 4.78 is 43.0. The first-order valence-corrected chi connectivity index (χ1v) is 7.75. The minimum Gasteiger partial charge on any atom is -0.372 e. The molecule has 0 fully saturated rings. The van der Waals surface area contributed by atoms with Gasteiger partial charge in [-0.25, -0.2) is 0 Å². The molecular weight excluding hydrogens is 347 g/mol. The second-order valence-corrected chi connectivity index (χ2v) is 6.02. The van der Waals surface area contributed by atoms with Crippen molar-refractivity contribution in [2.24, 2.45) is 0 Å². The fourth-order valence-corrected chi connectivity index (χ4v) is 2.38. The van der Waals surface area contributed by atoms with Crippen LogP contribution in [0.5, 0.6) is 0 Å². The minimum absolute atomic E-state index is 0.0217. The Morgan fingerprint density at radius 2 is 1.90 bits per heavy atom. The van der Waals surface area contributed by atoms with Gasteiger partial charge in [-0.3, -0.25) is 0 Å². The standard InChI is InChI=1S/C15H21BrF3NO/c1-11(2)20-10-14(12-6-3-4-7-13(12)16)21-9-5-8-15(17,18)19/h3-4,6-7,11,14,20H,5,8-10H2,1-2H3. The molecule has 1 unspecified atom stereocenters. The SMILES string of the molecule is CC(C)NCC(OCCCC(F)(F)F)c1ccccc1Br. The highest BCUT2D eigenvalue weighted by Gasteiger charge is 2.26. The molecule has 0 saturated carbocycles. The van der Waals surface area contributed by atoms with Crippen molar-refractivity contribution in [1.29, 1.82) is 0 Å². The zero-order valence-corrected chi connectivity index (χ0v) is 13.8. The highest BCUT2D eigenvalue weighted by atomic mass is 79.9. The molecular formula is C15H21BrF3NO. The molecule has 0 spiro atoms. The Kier molecular flexibility index (Phi) is 7.70. The van der Waals surface area contributed by atoms with Crippen LogP contribution in [0.4, 0.5) is 13.2 Å². The molecule has 0 aliphatic rings. The third kappa shape index (κ3) is 7.83. The summed E-state index contributed by atoms with van der Waals surface area (Å²) in [6.07, 6.45) is -5.22. The summed E-state index contributed by atoms with van der Waals surface area (Å²) in [6, 6.07) is 7.89. The van der Waals surface area contributed by atoms with E-state index in [0.29, 0.717) is 6.54 Å². The first-order valence-electron chi connectivity index (χ1n) is 6.96. The molecule has 1 aromatic rings. The molecule has 0 saturated heterocycles. The van der Waals surface area contributed by atoms with E-state index in [-0.39, 0.29) is 25.2 Å². The highest BCUT2D eigenvalue weighted by Crippen LogP contribution is 2.27. The Hall–Kier alpha value is -0.590. The van der Waals surface area contributed by atoms with Crippen LogP contribution in [0.15, 0.2) is 28.7 Å². The van der Waals surface area contributed by atoms with Crippen LogP contribution in [0.2, 0.25) is 0 Å². The number of benzene rings is 1. The molecule has 0 heterocycles. The number of hydrogen-bond donors (Lipinski definition) is 1. The lowest BCUT2D eigenvalue weighted by Crippen LogP contribution is -2.29. The normalized spacial score (nSPS) is 13.7. The molecule has 0 radical (unpaired) electrons. The molecule has 1 rings (SSSR count). The number of nitrogens with one attached hydrogen (secondary N) is 1. The Labute approximate surface area is 132 Å². The van der Waals surface area contributed by atoms with Crippen LogP contribution >= 0.6 is 15.9 Å². The van der Waals surface area contributed by atoms with Gasteiger partial charge in [0.2, 0.25) is 0 Å². The maximum Gasteiger partial charge on any atom is 0.389 e.